The fraction of sp³-hybridized carbons (Fsp3) is 0.214. The van der Waals surface area contributed by atoms with Gasteiger partial charge in [-0.3, -0.25) is 4.79 Å². The molecule has 2 aromatic carbocycles. The van der Waals surface area contributed by atoms with E-state index in [1.54, 1.807) is 0 Å². The summed E-state index contributed by atoms with van der Waals surface area (Å²) >= 11 is 0. The van der Waals surface area contributed by atoms with Crippen LogP contribution < -0.4 is 10.5 Å². The summed E-state index contributed by atoms with van der Waals surface area (Å²) < 4.78 is 10.00. The third-order valence-corrected chi connectivity index (χ3v) is 2.65. The van der Waals surface area contributed by atoms with Gasteiger partial charge in [0, 0.05) is 0 Å². The second kappa shape index (κ2) is 5.51. The van der Waals surface area contributed by atoms with Crippen molar-refractivity contribution in [3.63, 3.8) is 0 Å². The predicted molar refractivity (Wildman–Crippen MR) is 69.4 cm³/mol. The number of fused-ring (bicyclic) bond motifs is 1. The van der Waals surface area contributed by atoms with Crippen LogP contribution in [0.3, 0.4) is 0 Å². The van der Waals surface area contributed by atoms with Crippen molar-refractivity contribution < 1.29 is 14.3 Å². The molecule has 2 rings (SSSR count). The summed E-state index contributed by atoms with van der Waals surface area (Å²) in [5.74, 6) is 0.212. The first-order valence-corrected chi connectivity index (χ1v) is 5.65. The molecule has 2 aromatic rings. The van der Waals surface area contributed by atoms with Gasteiger partial charge in [0.05, 0.1) is 7.11 Å². The third-order valence-electron chi connectivity index (χ3n) is 2.65. The minimum absolute atomic E-state index is 0.102. The molecular weight excluding hydrogens is 230 g/mol. The van der Waals surface area contributed by atoms with Gasteiger partial charge in [0.25, 0.3) is 0 Å². The number of nitrogens with two attached hydrogens (primary N) is 1. The number of ether oxygens (including phenoxy) is 2. The summed E-state index contributed by atoms with van der Waals surface area (Å²) in [7, 11) is 1.30. The fourth-order valence-corrected chi connectivity index (χ4v) is 1.66. The molecule has 4 heteroatoms. The lowest BCUT2D eigenvalue weighted by molar-refractivity contribution is -0.142. The number of rotatable bonds is 4. The highest BCUT2D eigenvalue weighted by Gasteiger charge is 2.14. The molecule has 0 spiro atoms. The van der Waals surface area contributed by atoms with Crippen molar-refractivity contribution in [2.24, 2.45) is 5.73 Å². The lowest BCUT2D eigenvalue weighted by atomic mass is 10.1. The number of hydrogen-bond donors (Lipinski definition) is 1. The minimum atomic E-state index is -0.763. The number of carbonyl (C=O) groups is 1. The van der Waals surface area contributed by atoms with E-state index >= 15 is 0 Å². The van der Waals surface area contributed by atoms with Crippen LogP contribution in [0, 0.1) is 0 Å². The van der Waals surface area contributed by atoms with Crippen LogP contribution in [0.25, 0.3) is 10.8 Å². The van der Waals surface area contributed by atoms with Crippen molar-refractivity contribution in [3.05, 3.63) is 42.5 Å². The SMILES string of the molecule is COC(=O)C(N)COc1ccc2ccccc2c1. The van der Waals surface area contributed by atoms with E-state index in [4.69, 9.17) is 10.5 Å². The van der Waals surface area contributed by atoms with Crippen molar-refractivity contribution in [2.45, 2.75) is 6.04 Å². The Bertz CT molecular complexity index is 553. The van der Waals surface area contributed by atoms with Crippen molar-refractivity contribution in [1.29, 1.82) is 0 Å². The van der Waals surface area contributed by atoms with Gasteiger partial charge in [-0.2, -0.15) is 0 Å². The molecule has 0 aliphatic carbocycles. The van der Waals surface area contributed by atoms with E-state index < -0.39 is 12.0 Å². The Balaban J connectivity index is 2.06. The Kier molecular flexibility index (Phi) is 3.79. The van der Waals surface area contributed by atoms with E-state index in [-0.39, 0.29) is 6.61 Å². The van der Waals surface area contributed by atoms with E-state index in [1.165, 1.54) is 7.11 Å². The maximum absolute atomic E-state index is 11.1. The fourth-order valence-electron chi connectivity index (χ4n) is 1.66. The Hall–Kier alpha value is -2.07. The summed E-state index contributed by atoms with van der Waals surface area (Å²) in [4.78, 5) is 11.1. The van der Waals surface area contributed by atoms with E-state index in [0.717, 1.165) is 10.8 Å². The molecule has 4 nitrogen and oxygen atoms in total. The Morgan fingerprint density at radius 2 is 1.94 bits per heavy atom. The molecule has 0 bridgehead atoms. The van der Waals surface area contributed by atoms with Gasteiger partial charge >= 0.3 is 5.97 Å². The molecule has 0 fully saturated rings. The summed E-state index contributed by atoms with van der Waals surface area (Å²) in [6.45, 7) is 0.102. The number of methoxy groups -OCH3 is 1. The lowest BCUT2D eigenvalue weighted by Crippen LogP contribution is -2.37. The molecule has 0 radical (unpaired) electrons. The van der Waals surface area contributed by atoms with Crippen LogP contribution in [0.5, 0.6) is 5.75 Å². The average Bonchev–Trinajstić information content (AvgIpc) is 2.43. The highest BCUT2D eigenvalue weighted by molar-refractivity contribution is 5.83. The molecule has 0 heterocycles. The molecule has 18 heavy (non-hydrogen) atoms. The minimum Gasteiger partial charge on any atom is -0.491 e. The second-order valence-electron chi connectivity index (χ2n) is 3.95. The molecule has 0 aromatic heterocycles. The summed E-state index contributed by atoms with van der Waals surface area (Å²) in [6.07, 6.45) is 0. The number of hydrogen-bond acceptors (Lipinski definition) is 4. The molecule has 94 valence electrons. The van der Waals surface area contributed by atoms with Gasteiger partial charge in [-0.05, 0) is 22.9 Å². The zero-order chi connectivity index (χ0) is 13.0. The van der Waals surface area contributed by atoms with Crippen molar-refractivity contribution in [3.8, 4) is 5.75 Å². The number of benzene rings is 2. The predicted octanol–water partition coefficient (Wildman–Crippen LogP) is 1.72. The lowest BCUT2D eigenvalue weighted by Gasteiger charge is -2.11. The Morgan fingerprint density at radius 3 is 2.67 bits per heavy atom. The van der Waals surface area contributed by atoms with E-state index in [2.05, 4.69) is 4.74 Å². The van der Waals surface area contributed by atoms with E-state index in [9.17, 15) is 4.79 Å². The van der Waals surface area contributed by atoms with Crippen LogP contribution in [0.15, 0.2) is 42.5 Å². The van der Waals surface area contributed by atoms with Crippen molar-refractivity contribution in [2.75, 3.05) is 13.7 Å². The zero-order valence-corrected chi connectivity index (χ0v) is 10.1. The zero-order valence-electron chi connectivity index (χ0n) is 10.1. The van der Waals surface area contributed by atoms with Crippen molar-refractivity contribution in [1.82, 2.24) is 0 Å². The highest BCUT2D eigenvalue weighted by atomic mass is 16.5. The largest absolute Gasteiger partial charge is 0.491 e. The number of esters is 1. The maximum Gasteiger partial charge on any atom is 0.326 e. The molecule has 0 saturated carbocycles. The third kappa shape index (κ3) is 2.78. The maximum atomic E-state index is 11.1. The molecule has 0 aliphatic rings. The molecule has 0 aliphatic heterocycles. The quantitative estimate of drug-likeness (QED) is 0.833. The van der Waals surface area contributed by atoms with Crippen LogP contribution in [-0.2, 0) is 9.53 Å². The van der Waals surface area contributed by atoms with Gasteiger partial charge in [-0.1, -0.05) is 30.3 Å². The number of carbonyl (C=O) groups excluding carboxylic acids is 1. The summed E-state index contributed by atoms with van der Waals surface area (Å²) in [6, 6.07) is 12.9. The molecular formula is C14H15NO3. The van der Waals surface area contributed by atoms with E-state index in [1.807, 2.05) is 42.5 Å². The van der Waals surface area contributed by atoms with Crippen LogP contribution in [-0.4, -0.2) is 25.7 Å². The van der Waals surface area contributed by atoms with E-state index in [0.29, 0.717) is 5.75 Å². The molecule has 0 saturated heterocycles. The van der Waals surface area contributed by atoms with Gasteiger partial charge in [-0.15, -0.1) is 0 Å². The topological polar surface area (TPSA) is 61.5 Å². The second-order valence-corrected chi connectivity index (χ2v) is 3.95. The molecule has 1 unspecified atom stereocenters. The first-order chi connectivity index (χ1) is 8.70. The highest BCUT2D eigenvalue weighted by Crippen LogP contribution is 2.20. The van der Waals surface area contributed by atoms with Crippen LogP contribution in [0.2, 0.25) is 0 Å². The average molecular weight is 245 g/mol. The summed E-state index contributed by atoms with van der Waals surface area (Å²) in [5.41, 5.74) is 5.59. The molecule has 1 atom stereocenters. The molecule has 2 N–H and O–H groups in total. The Morgan fingerprint density at radius 1 is 1.22 bits per heavy atom. The van der Waals surface area contributed by atoms with Gasteiger partial charge in [-0.25, -0.2) is 0 Å². The first-order valence-electron chi connectivity index (χ1n) is 5.65. The molecule has 0 amide bonds. The normalized spacial score (nSPS) is 12.1. The smallest absolute Gasteiger partial charge is 0.326 e. The van der Waals surface area contributed by atoms with Gasteiger partial charge in [0.15, 0.2) is 0 Å². The monoisotopic (exact) mass is 245 g/mol. The van der Waals surface area contributed by atoms with Crippen molar-refractivity contribution >= 4 is 16.7 Å². The first kappa shape index (κ1) is 12.4. The standard InChI is InChI=1S/C14H15NO3/c1-17-14(16)13(15)9-18-12-7-6-10-4-2-3-5-11(10)8-12/h2-8,13H,9,15H2,1H3. The van der Waals surface area contributed by atoms with Gasteiger partial charge in [0.2, 0.25) is 0 Å². The van der Waals surface area contributed by atoms with Gasteiger partial charge < -0.3 is 15.2 Å². The van der Waals surface area contributed by atoms with Gasteiger partial charge in [0.1, 0.15) is 18.4 Å². The van der Waals surface area contributed by atoms with Crippen LogP contribution >= 0.6 is 0 Å². The Labute approximate surface area is 105 Å². The van der Waals surface area contributed by atoms with Crippen LogP contribution in [0.1, 0.15) is 0 Å². The summed E-state index contributed by atoms with van der Waals surface area (Å²) in [5, 5.41) is 2.23. The van der Waals surface area contributed by atoms with Crippen LogP contribution in [0.4, 0.5) is 0 Å².